The molecule has 0 aromatic carbocycles. The van der Waals surface area contributed by atoms with Crippen LogP contribution in [0.2, 0.25) is 0 Å². The maximum Gasteiger partial charge on any atom is 0.320 e. The predicted octanol–water partition coefficient (Wildman–Crippen LogP) is 1.39. The summed E-state index contributed by atoms with van der Waals surface area (Å²) in [6.07, 6.45) is 1.86. The molecule has 116 valence electrons. The Morgan fingerprint density at radius 3 is 2.45 bits per heavy atom. The van der Waals surface area contributed by atoms with Crippen LogP contribution >= 0.6 is 0 Å². The summed E-state index contributed by atoms with van der Waals surface area (Å²) in [6, 6.07) is -0.219. The summed E-state index contributed by atoms with van der Waals surface area (Å²) in [5.74, 6) is -0.821. The predicted molar refractivity (Wildman–Crippen MR) is 75.5 cm³/mol. The highest BCUT2D eigenvalue weighted by Gasteiger charge is 2.46. The van der Waals surface area contributed by atoms with E-state index in [1.54, 1.807) is 25.8 Å². The second-order valence-corrected chi connectivity index (χ2v) is 6.32. The molecule has 2 N–H and O–H groups in total. The lowest BCUT2D eigenvalue weighted by Crippen LogP contribution is -2.53. The minimum Gasteiger partial charge on any atom is -0.481 e. The normalized spacial score (nSPS) is 22.9. The first kappa shape index (κ1) is 16.8. The van der Waals surface area contributed by atoms with Crippen molar-refractivity contribution >= 4 is 12.0 Å². The fourth-order valence-electron chi connectivity index (χ4n) is 2.58. The number of likely N-dealkylation sites (tertiary alicyclic amines) is 1. The topological polar surface area (TPSA) is 81.1 Å². The number of aliphatic hydroxyl groups is 1. The lowest BCUT2D eigenvalue weighted by atomic mass is 9.83. The Hall–Kier alpha value is -1.30. The quantitative estimate of drug-likeness (QED) is 0.800. The number of likely N-dealkylation sites (N-methyl/N-ethyl adjacent to an activating group) is 1. The van der Waals surface area contributed by atoms with Gasteiger partial charge in [-0.05, 0) is 26.7 Å². The SMILES string of the molecule is CCCC1(C(=O)O)CCN(C(=O)N(C)C(C)(C)CO)C1. The Morgan fingerprint density at radius 1 is 1.40 bits per heavy atom. The zero-order valence-corrected chi connectivity index (χ0v) is 12.8. The fraction of sp³-hybridized carbons (Fsp3) is 0.857. The van der Waals surface area contributed by atoms with Gasteiger partial charge in [-0.3, -0.25) is 4.79 Å². The molecule has 0 radical (unpaired) electrons. The minimum absolute atomic E-state index is 0.137. The molecule has 1 atom stereocenters. The molecular formula is C14H26N2O4. The number of carbonyl (C=O) groups excluding carboxylic acids is 1. The van der Waals surface area contributed by atoms with Crippen LogP contribution in [0.15, 0.2) is 0 Å². The summed E-state index contributed by atoms with van der Waals surface area (Å²) in [7, 11) is 1.64. The van der Waals surface area contributed by atoms with E-state index in [-0.39, 0.29) is 19.2 Å². The number of carboxylic acid groups (broad SMARTS) is 1. The highest BCUT2D eigenvalue weighted by Crippen LogP contribution is 2.36. The Balaban J connectivity index is 2.81. The average Bonchev–Trinajstić information content (AvgIpc) is 2.83. The molecule has 6 heteroatoms. The van der Waals surface area contributed by atoms with Crippen LogP contribution in [0.4, 0.5) is 4.79 Å². The Labute approximate surface area is 120 Å². The van der Waals surface area contributed by atoms with Crippen LogP contribution in [0, 0.1) is 5.41 Å². The highest BCUT2D eigenvalue weighted by atomic mass is 16.4. The van der Waals surface area contributed by atoms with Crippen LogP contribution in [0.25, 0.3) is 0 Å². The summed E-state index contributed by atoms with van der Waals surface area (Å²) in [5.41, 5.74) is -1.47. The first-order chi connectivity index (χ1) is 9.20. The molecule has 0 aliphatic carbocycles. The molecule has 0 saturated carbocycles. The number of rotatable bonds is 5. The number of urea groups is 1. The van der Waals surface area contributed by atoms with E-state index in [0.29, 0.717) is 19.4 Å². The van der Waals surface area contributed by atoms with Gasteiger partial charge in [0.1, 0.15) is 0 Å². The van der Waals surface area contributed by atoms with E-state index in [4.69, 9.17) is 0 Å². The van der Waals surface area contributed by atoms with Gasteiger partial charge in [0.05, 0.1) is 17.6 Å². The van der Waals surface area contributed by atoms with E-state index < -0.39 is 16.9 Å². The van der Waals surface area contributed by atoms with Crippen molar-refractivity contribution in [3.8, 4) is 0 Å². The molecule has 2 amide bonds. The average molecular weight is 286 g/mol. The third-order valence-electron chi connectivity index (χ3n) is 4.39. The zero-order chi connectivity index (χ0) is 15.6. The largest absolute Gasteiger partial charge is 0.481 e. The molecule has 0 aromatic rings. The van der Waals surface area contributed by atoms with Crippen LogP contribution in [0.5, 0.6) is 0 Å². The van der Waals surface area contributed by atoms with Crippen molar-refractivity contribution in [1.29, 1.82) is 0 Å². The molecule has 1 unspecified atom stereocenters. The molecule has 20 heavy (non-hydrogen) atoms. The van der Waals surface area contributed by atoms with Crippen molar-refractivity contribution in [2.24, 2.45) is 5.41 Å². The molecule has 1 rings (SSSR count). The third kappa shape index (κ3) is 3.06. The van der Waals surface area contributed by atoms with Gasteiger partial charge in [-0.2, -0.15) is 0 Å². The molecule has 1 saturated heterocycles. The number of hydrogen-bond donors (Lipinski definition) is 2. The highest BCUT2D eigenvalue weighted by molar-refractivity contribution is 5.80. The molecule has 0 bridgehead atoms. The van der Waals surface area contributed by atoms with Gasteiger partial charge >= 0.3 is 12.0 Å². The molecule has 6 nitrogen and oxygen atoms in total. The summed E-state index contributed by atoms with van der Waals surface area (Å²) in [4.78, 5) is 27.0. The van der Waals surface area contributed by atoms with Gasteiger partial charge < -0.3 is 20.0 Å². The Morgan fingerprint density at radius 2 is 2.00 bits per heavy atom. The molecule has 0 aromatic heterocycles. The Kier molecular flexibility index (Phi) is 5.02. The van der Waals surface area contributed by atoms with E-state index in [0.717, 1.165) is 6.42 Å². The van der Waals surface area contributed by atoms with Crippen molar-refractivity contribution in [2.75, 3.05) is 26.7 Å². The Bertz CT molecular complexity index is 383. The molecule has 1 heterocycles. The third-order valence-corrected chi connectivity index (χ3v) is 4.39. The maximum absolute atomic E-state index is 12.4. The summed E-state index contributed by atoms with van der Waals surface area (Å²) in [6.45, 7) is 6.07. The van der Waals surface area contributed by atoms with Gasteiger partial charge in [-0.15, -0.1) is 0 Å². The monoisotopic (exact) mass is 286 g/mol. The number of hydrogen-bond acceptors (Lipinski definition) is 3. The number of nitrogens with zero attached hydrogens (tertiary/aromatic N) is 2. The van der Waals surface area contributed by atoms with Gasteiger partial charge in [0.25, 0.3) is 0 Å². The van der Waals surface area contributed by atoms with E-state index in [1.807, 2.05) is 6.92 Å². The fourth-order valence-corrected chi connectivity index (χ4v) is 2.58. The number of carboxylic acids is 1. The van der Waals surface area contributed by atoms with Gasteiger partial charge in [-0.1, -0.05) is 13.3 Å². The van der Waals surface area contributed by atoms with Gasteiger partial charge in [-0.25, -0.2) is 4.79 Å². The molecular weight excluding hydrogens is 260 g/mol. The van der Waals surface area contributed by atoms with Gasteiger partial charge in [0.15, 0.2) is 0 Å². The lowest BCUT2D eigenvalue weighted by Gasteiger charge is -2.37. The van der Waals surface area contributed by atoms with Gasteiger partial charge in [0, 0.05) is 20.1 Å². The van der Waals surface area contributed by atoms with Crippen molar-refractivity contribution in [3.05, 3.63) is 0 Å². The van der Waals surface area contributed by atoms with Crippen LogP contribution in [-0.2, 0) is 4.79 Å². The second kappa shape index (κ2) is 5.99. The minimum atomic E-state index is -0.821. The number of carbonyl (C=O) groups is 2. The van der Waals surface area contributed by atoms with Crippen LogP contribution in [0.3, 0.4) is 0 Å². The first-order valence-electron chi connectivity index (χ1n) is 7.07. The number of amides is 2. The van der Waals surface area contributed by atoms with Crippen molar-refractivity contribution in [1.82, 2.24) is 9.80 Å². The second-order valence-electron chi connectivity index (χ2n) is 6.32. The molecule has 0 spiro atoms. The van der Waals surface area contributed by atoms with E-state index in [1.165, 1.54) is 4.90 Å². The lowest BCUT2D eigenvalue weighted by molar-refractivity contribution is -0.148. The van der Waals surface area contributed by atoms with Crippen LogP contribution in [-0.4, -0.2) is 64.3 Å². The van der Waals surface area contributed by atoms with Crippen molar-refractivity contribution in [3.63, 3.8) is 0 Å². The number of aliphatic hydroxyl groups excluding tert-OH is 1. The van der Waals surface area contributed by atoms with E-state index in [2.05, 4.69) is 0 Å². The first-order valence-corrected chi connectivity index (χ1v) is 7.07. The zero-order valence-electron chi connectivity index (χ0n) is 12.8. The van der Waals surface area contributed by atoms with E-state index >= 15 is 0 Å². The van der Waals surface area contributed by atoms with Crippen molar-refractivity contribution in [2.45, 2.75) is 45.6 Å². The molecule has 1 aliphatic heterocycles. The van der Waals surface area contributed by atoms with Crippen LogP contribution in [0.1, 0.15) is 40.0 Å². The van der Waals surface area contributed by atoms with Crippen LogP contribution < -0.4 is 0 Å². The van der Waals surface area contributed by atoms with E-state index in [9.17, 15) is 19.8 Å². The number of aliphatic carboxylic acids is 1. The maximum atomic E-state index is 12.4. The smallest absolute Gasteiger partial charge is 0.320 e. The van der Waals surface area contributed by atoms with Gasteiger partial charge in [0.2, 0.25) is 0 Å². The summed E-state index contributed by atoms with van der Waals surface area (Å²) in [5, 5.41) is 18.8. The standard InChI is InChI=1S/C14H26N2O4/c1-5-6-14(11(18)19)7-8-16(9-14)12(20)15(4)13(2,3)10-17/h17H,5-10H2,1-4H3,(H,18,19). The van der Waals surface area contributed by atoms with Crippen molar-refractivity contribution < 1.29 is 19.8 Å². The molecule has 1 fully saturated rings. The molecule has 1 aliphatic rings. The summed E-state index contributed by atoms with van der Waals surface area (Å²) < 4.78 is 0. The summed E-state index contributed by atoms with van der Waals surface area (Å²) >= 11 is 0.